The van der Waals surface area contributed by atoms with E-state index in [-0.39, 0.29) is 36.5 Å². The minimum Gasteiger partial charge on any atom is -0.383 e. The second-order valence-corrected chi connectivity index (χ2v) is 13.8. The summed E-state index contributed by atoms with van der Waals surface area (Å²) < 4.78 is 64.5. The fourth-order valence-electron chi connectivity index (χ4n) is 6.49. The number of carbonyl (C=O) groups excluding carboxylic acids is 1. The van der Waals surface area contributed by atoms with E-state index >= 15 is 8.78 Å². The van der Waals surface area contributed by atoms with Crippen molar-refractivity contribution in [1.29, 1.82) is 0 Å². The Bertz CT molecular complexity index is 1230. The molecule has 1 aliphatic heterocycles. The molecule has 1 aromatic heterocycles. The van der Waals surface area contributed by atoms with E-state index in [0.29, 0.717) is 24.8 Å². The van der Waals surface area contributed by atoms with Gasteiger partial charge < -0.3 is 14.5 Å². The monoisotopic (exact) mass is 539 g/mol. The molecule has 0 radical (unpaired) electrons. The largest absolute Gasteiger partial charge is 0.383 e. The van der Waals surface area contributed by atoms with Crippen molar-refractivity contribution in [2.45, 2.75) is 88.8 Å². The van der Waals surface area contributed by atoms with Gasteiger partial charge in [-0.1, -0.05) is 51.1 Å². The van der Waals surface area contributed by atoms with Crippen LogP contribution in [0.1, 0.15) is 77.1 Å². The summed E-state index contributed by atoms with van der Waals surface area (Å²) in [4.78, 5) is 14.5. The predicted molar refractivity (Wildman–Crippen MR) is 132 cm³/mol. The minimum atomic E-state index is -4.01. The maximum absolute atomic E-state index is 15.9. The highest BCUT2D eigenvalue weighted by atomic mass is 32.2. The van der Waals surface area contributed by atoms with E-state index in [4.69, 9.17) is 4.52 Å². The molecule has 1 amide bonds. The first-order valence-corrected chi connectivity index (χ1v) is 13.9. The Hall–Kier alpha value is -2.37. The number of hydrogen-bond donors (Lipinski definition) is 2. The van der Waals surface area contributed by atoms with Crippen LogP contribution in [0.4, 0.5) is 8.78 Å². The van der Waals surface area contributed by atoms with Crippen LogP contribution in [0.25, 0.3) is 0 Å². The van der Waals surface area contributed by atoms with Gasteiger partial charge in [0.2, 0.25) is 10.0 Å². The summed E-state index contributed by atoms with van der Waals surface area (Å²) in [5.41, 5.74) is -3.04. The van der Waals surface area contributed by atoms with Crippen LogP contribution in [-0.4, -0.2) is 47.6 Å². The molecule has 8 nitrogen and oxygen atoms in total. The molecule has 1 saturated carbocycles. The SMILES string of the molecule is CC1(C)CC(C)(C)CC(O)(C(F)(F)C(=O)N2CCC[C@H]2c2nocc2CNS(=O)(=O)c2ccccc2)C1. The van der Waals surface area contributed by atoms with Gasteiger partial charge in [-0.25, -0.2) is 13.1 Å². The fraction of sp³-hybridized carbons (Fsp3) is 0.615. The van der Waals surface area contributed by atoms with E-state index in [9.17, 15) is 18.3 Å². The Morgan fingerprint density at radius 3 is 2.41 bits per heavy atom. The normalized spacial score (nSPS) is 23.2. The number of halogens is 2. The van der Waals surface area contributed by atoms with Crippen molar-refractivity contribution >= 4 is 15.9 Å². The van der Waals surface area contributed by atoms with Gasteiger partial charge in [-0.3, -0.25) is 4.79 Å². The third-order valence-corrected chi connectivity index (χ3v) is 8.78. The summed E-state index contributed by atoms with van der Waals surface area (Å²) in [7, 11) is -3.83. The number of nitrogens with zero attached hydrogens (tertiary/aromatic N) is 2. The van der Waals surface area contributed by atoms with Gasteiger partial charge in [0.1, 0.15) is 17.6 Å². The number of carbonyl (C=O) groups is 1. The molecule has 2 fully saturated rings. The molecule has 4 rings (SSSR count). The van der Waals surface area contributed by atoms with E-state index < -0.39 is 44.3 Å². The van der Waals surface area contributed by atoms with Crippen LogP contribution >= 0.6 is 0 Å². The molecule has 0 spiro atoms. The third-order valence-electron chi connectivity index (χ3n) is 7.36. The van der Waals surface area contributed by atoms with Gasteiger partial charge in [-0.05, 0) is 55.1 Å². The number of nitrogens with one attached hydrogen (secondary N) is 1. The molecule has 2 N–H and O–H groups in total. The zero-order chi connectivity index (χ0) is 27.3. The van der Waals surface area contributed by atoms with E-state index in [0.717, 1.165) is 4.90 Å². The lowest BCUT2D eigenvalue weighted by atomic mass is 9.58. The second kappa shape index (κ2) is 9.43. The van der Waals surface area contributed by atoms with Gasteiger partial charge in [0.25, 0.3) is 5.91 Å². The molecule has 37 heavy (non-hydrogen) atoms. The molecule has 204 valence electrons. The summed E-state index contributed by atoms with van der Waals surface area (Å²) in [6, 6.07) is 6.99. The Labute approximate surface area is 216 Å². The third kappa shape index (κ3) is 5.44. The van der Waals surface area contributed by atoms with Gasteiger partial charge in [-0.15, -0.1) is 0 Å². The summed E-state index contributed by atoms with van der Waals surface area (Å²) in [5, 5.41) is 15.2. The zero-order valence-electron chi connectivity index (χ0n) is 21.6. The summed E-state index contributed by atoms with van der Waals surface area (Å²) >= 11 is 0. The first-order valence-electron chi connectivity index (χ1n) is 12.5. The fourth-order valence-corrected chi connectivity index (χ4v) is 7.52. The van der Waals surface area contributed by atoms with Gasteiger partial charge in [0.05, 0.1) is 10.9 Å². The van der Waals surface area contributed by atoms with Crippen molar-refractivity contribution in [1.82, 2.24) is 14.8 Å². The van der Waals surface area contributed by atoms with Crippen molar-refractivity contribution in [3.63, 3.8) is 0 Å². The van der Waals surface area contributed by atoms with E-state index in [1.54, 1.807) is 18.2 Å². The number of sulfonamides is 1. The standard InChI is InChI=1S/C26H35F2N3O5S/c1-23(2)15-24(3,4)17-25(33,16-23)26(27,28)22(32)31-12-8-11-20(31)21-18(14-36-30-21)13-29-37(34,35)19-9-6-5-7-10-19/h5-7,9-10,14,20,29,33H,8,11-13,15-17H2,1-4H3/t20-/m0/s1. The molecular weight excluding hydrogens is 504 g/mol. The summed E-state index contributed by atoms with van der Waals surface area (Å²) in [5.74, 6) is -5.45. The number of aromatic nitrogens is 1. The maximum Gasteiger partial charge on any atom is 0.352 e. The number of alkyl halides is 2. The Kier molecular flexibility index (Phi) is 7.05. The quantitative estimate of drug-likeness (QED) is 0.539. The van der Waals surface area contributed by atoms with E-state index in [1.807, 2.05) is 27.7 Å². The van der Waals surface area contributed by atoms with E-state index in [2.05, 4.69) is 9.88 Å². The maximum atomic E-state index is 15.9. The highest BCUT2D eigenvalue weighted by Gasteiger charge is 2.65. The molecule has 0 bridgehead atoms. The van der Waals surface area contributed by atoms with Crippen molar-refractivity contribution in [2.75, 3.05) is 6.54 Å². The molecular formula is C26H35F2N3O5S. The topological polar surface area (TPSA) is 113 Å². The lowest BCUT2D eigenvalue weighted by Crippen LogP contribution is -2.62. The lowest BCUT2D eigenvalue weighted by molar-refractivity contribution is -0.231. The molecule has 1 atom stereocenters. The van der Waals surface area contributed by atoms with Crippen LogP contribution in [0.2, 0.25) is 0 Å². The number of likely N-dealkylation sites (tertiary alicyclic amines) is 1. The molecule has 1 aliphatic carbocycles. The van der Waals surface area contributed by atoms with E-state index in [1.165, 1.54) is 18.4 Å². The van der Waals surface area contributed by atoms with Crippen LogP contribution in [0.5, 0.6) is 0 Å². The average Bonchev–Trinajstić information content (AvgIpc) is 3.44. The van der Waals surface area contributed by atoms with Crippen LogP contribution in [0, 0.1) is 10.8 Å². The lowest BCUT2D eigenvalue weighted by Gasteiger charge is -2.51. The summed E-state index contributed by atoms with van der Waals surface area (Å²) in [6.45, 7) is 7.21. The Morgan fingerprint density at radius 1 is 1.16 bits per heavy atom. The number of benzene rings is 1. The van der Waals surface area contributed by atoms with Crippen LogP contribution in [0.3, 0.4) is 0 Å². The number of rotatable bonds is 7. The van der Waals surface area contributed by atoms with Crippen LogP contribution < -0.4 is 4.72 Å². The smallest absolute Gasteiger partial charge is 0.352 e. The van der Waals surface area contributed by atoms with Crippen molar-refractivity contribution in [3.8, 4) is 0 Å². The molecule has 11 heteroatoms. The predicted octanol–water partition coefficient (Wildman–Crippen LogP) is 4.42. The number of amides is 1. The minimum absolute atomic E-state index is 0.0734. The van der Waals surface area contributed by atoms with Gasteiger partial charge in [-0.2, -0.15) is 8.78 Å². The number of hydrogen-bond acceptors (Lipinski definition) is 6. The Morgan fingerprint density at radius 2 is 1.78 bits per heavy atom. The Balaban J connectivity index is 1.55. The molecule has 2 aliphatic rings. The summed E-state index contributed by atoms with van der Waals surface area (Å²) in [6.07, 6.45) is 2.34. The highest BCUT2D eigenvalue weighted by molar-refractivity contribution is 7.89. The van der Waals surface area contributed by atoms with Crippen LogP contribution in [-0.2, 0) is 21.4 Å². The van der Waals surface area contributed by atoms with Crippen molar-refractivity contribution in [3.05, 3.63) is 47.9 Å². The van der Waals surface area contributed by atoms with Crippen molar-refractivity contribution in [2.24, 2.45) is 10.8 Å². The highest BCUT2D eigenvalue weighted by Crippen LogP contribution is 2.55. The first-order chi connectivity index (χ1) is 17.1. The average molecular weight is 540 g/mol. The second-order valence-electron chi connectivity index (χ2n) is 12.0. The molecule has 2 heterocycles. The molecule has 2 aromatic rings. The first kappa shape index (κ1) is 27.7. The molecule has 0 unspecified atom stereocenters. The molecule has 1 saturated heterocycles. The van der Waals surface area contributed by atoms with Gasteiger partial charge >= 0.3 is 5.92 Å². The van der Waals surface area contributed by atoms with Gasteiger partial charge in [0, 0.05) is 18.7 Å². The zero-order valence-corrected chi connectivity index (χ0v) is 22.4. The van der Waals surface area contributed by atoms with Gasteiger partial charge in [0.15, 0.2) is 0 Å². The van der Waals surface area contributed by atoms with Crippen LogP contribution in [0.15, 0.2) is 46.0 Å². The molecule has 1 aromatic carbocycles. The van der Waals surface area contributed by atoms with Crippen molar-refractivity contribution < 1.29 is 31.6 Å². The number of aliphatic hydroxyl groups is 1.